The second-order valence-corrected chi connectivity index (χ2v) is 6.13. The number of carbonyl (C=O) groups excluding carboxylic acids is 1. The van der Waals surface area contributed by atoms with Crippen LogP contribution < -0.4 is 16.6 Å². The van der Waals surface area contributed by atoms with Gasteiger partial charge in [0.05, 0.1) is 11.4 Å². The van der Waals surface area contributed by atoms with Crippen LogP contribution in [-0.2, 0) is 4.79 Å². The van der Waals surface area contributed by atoms with Gasteiger partial charge in [-0.3, -0.25) is 15.6 Å². The minimum atomic E-state index is -0.651. The topological polar surface area (TPSA) is 109 Å². The number of amides is 1. The van der Waals surface area contributed by atoms with E-state index in [1.165, 1.54) is 6.08 Å². The summed E-state index contributed by atoms with van der Waals surface area (Å²) in [6.45, 7) is 0. The van der Waals surface area contributed by atoms with Crippen LogP contribution in [0.4, 0.5) is 0 Å². The Kier molecular flexibility index (Phi) is 5.79. The molecule has 28 heavy (non-hydrogen) atoms. The molecule has 0 aliphatic heterocycles. The number of benzene rings is 2. The van der Waals surface area contributed by atoms with Gasteiger partial charge in [-0.25, -0.2) is 4.68 Å². The summed E-state index contributed by atoms with van der Waals surface area (Å²) in [6.07, 6.45) is 3.24. The van der Waals surface area contributed by atoms with Gasteiger partial charge in [-0.05, 0) is 30.4 Å². The molecule has 0 saturated carbocycles. The van der Waals surface area contributed by atoms with E-state index in [0.29, 0.717) is 11.3 Å². The largest absolute Gasteiger partial charge is 0.375 e. The summed E-state index contributed by atoms with van der Waals surface area (Å²) in [5.41, 5.74) is 12.8. The predicted molar refractivity (Wildman–Crippen MR) is 111 cm³/mol. The van der Waals surface area contributed by atoms with E-state index in [9.17, 15) is 10.1 Å². The molecule has 3 rings (SSSR count). The van der Waals surface area contributed by atoms with Crippen molar-refractivity contribution in [3.8, 4) is 23.0 Å². The monoisotopic (exact) mass is 388 g/mol. The number of carbonyl (C=O) groups is 1. The summed E-state index contributed by atoms with van der Waals surface area (Å²) < 4.78 is 1.70. The van der Waals surface area contributed by atoms with E-state index >= 15 is 0 Å². The molecule has 0 bridgehead atoms. The SMILES string of the molecule is N#CC(=Cc1cn(-c2ccccc2)nc1-c1ccccc1)C(=O)NNC(N)=S. The number of nitrogens with one attached hydrogen (secondary N) is 2. The van der Waals surface area contributed by atoms with E-state index in [2.05, 4.69) is 28.2 Å². The van der Waals surface area contributed by atoms with E-state index in [-0.39, 0.29) is 10.7 Å². The molecular weight excluding hydrogens is 372 g/mol. The number of hydrogen-bond acceptors (Lipinski definition) is 4. The third-order valence-corrected chi connectivity index (χ3v) is 3.88. The summed E-state index contributed by atoms with van der Waals surface area (Å²) >= 11 is 4.64. The summed E-state index contributed by atoms with van der Waals surface area (Å²) in [4.78, 5) is 12.2. The van der Waals surface area contributed by atoms with Crippen molar-refractivity contribution in [2.75, 3.05) is 0 Å². The highest BCUT2D eigenvalue weighted by Crippen LogP contribution is 2.25. The van der Waals surface area contributed by atoms with Crippen molar-refractivity contribution in [1.29, 1.82) is 5.26 Å². The first kappa shape index (κ1) is 18.8. The van der Waals surface area contributed by atoms with Gasteiger partial charge in [0.15, 0.2) is 5.11 Å². The van der Waals surface area contributed by atoms with Gasteiger partial charge in [0.25, 0.3) is 5.91 Å². The van der Waals surface area contributed by atoms with Crippen LogP contribution in [0.2, 0.25) is 0 Å². The van der Waals surface area contributed by atoms with Crippen molar-refractivity contribution >= 4 is 29.3 Å². The maximum Gasteiger partial charge on any atom is 0.280 e. The first-order valence-electron chi connectivity index (χ1n) is 8.26. The molecule has 1 amide bonds. The van der Waals surface area contributed by atoms with E-state index in [1.807, 2.05) is 66.7 Å². The van der Waals surface area contributed by atoms with Crippen molar-refractivity contribution in [3.63, 3.8) is 0 Å². The van der Waals surface area contributed by atoms with Gasteiger partial charge in [-0.1, -0.05) is 48.5 Å². The molecular formula is C20H16N6OS. The van der Waals surface area contributed by atoms with Crippen LogP contribution in [-0.4, -0.2) is 20.8 Å². The van der Waals surface area contributed by atoms with E-state index in [1.54, 1.807) is 10.9 Å². The van der Waals surface area contributed by atoms with Gasteiger partial charge >= 0.3 is 0 Å². The third-order valence-electron chi connectivity index (χ3n) is 3.77. The lowest BCUT2D eigenvalue weighted by Gasteiger charge is -2.05. The molecule has 2 aromatic carbocycles. The Hall–Kier alpha value is -3.96. The van der Waals surface area contributed by atoms with Crippen LogP contribution in [0.15, 0.2) is 72.4 Å². The number of nitrogens with two attached hydrogens (primary N) is 1. The zero-order valence-electron chi connectivity index (χ0n) is 14.7. The Morgan fingerprint density at radius 3 is 2.36 bits per heavy atom. The average molecular weight is 388 g/mol. The van der Waals surface area contributed by atoms with E-state index < -0.39 is 5.91 Å². The second kappa shape index (κ2) is 8.62. The van der Waals surface area contributed by atoms with Gasteiger partial charge in [-0.15, -0.1) is 0 Å². The van der Waals surface area contributed by atoms with Gasteiger partial charge in [-0.2, -0.15) is 10.4 Å². The Morgan fingerprint density at radius 1 is 1.11 bits per heavy atom. The number of aromatic nitrogens is 2. The number of hydrazine groups is 1. The summed E-state index contributed by atoms with van der Waals surface area (Å²) in [6, 6.07) is 21.0. The molecule has 0 aliphatic rings. The third kappa shape index (κ3) is 4.41. The van der Waals surface area contributed by atoms with Crippen molar-refractivity contribution < 1.29 is 4.79 Å². The average Bonchev–Trinajstić information content (AvgIpc) is 3.15. The van der Waals surface area contributed by atoms with Crippen LogP contribution >= 0.6 is 12.2 Å². The molecule has 0 radical (unpaired) electrons. The molecule has 8 heteroatoms. The molecule has 0 atom stereocenters. The summed E-state index contributed by atoms with van der Waals surface area (Å²) in [5.74, 6) is -0.651. The van der Waals surface area contributed by atoms with Crippen LogP contribution in [0, 0.1) is 11.3 Å². The number of thiocarbonyl (C=S) groups is 1. The first-order valence-corrected chi connectivity index (χ1v) is 8.67. The molecule has 1 aromatic heterocycles. The fourth-order valence-electron chi connectivity index (χ4n) is 2.52. The maximum atomic E-state index is 12.2. The Bertz CT molecular complexity index is 1070. The van der Waals surface area contributed by atoms with Crippen LogP contribution in [0.1, 0.15) is 5.56 Å². The van der Waals surface area contributed by atoms with Gasteiger partial charge in [0.2, 0.25) is 0 Å². The van der Waals surface area contributed by atoms with E-state index in [0.717, 1.165) is 11.3 Å². The van der Waals surface area contributed by atoms with Crippen LogP contribution in [0.5, 0.6) is 0 Å². The zero-order chi connectivity index (χ0) is 19.9. The quantitative estimate of drug-likeness (QED) is 0.274. The number of nitriles is 1. The van der Waals surface area contributed by atoms with Gasteiger partial charge < -0.3 is 5.73 Å². The van der Waals surface area contributed by atoms with Gasteiger partial charge in [0.1, 0.15) is 11.6 Å². The molecule has 0 aliphatic carbocycles. The lowest BCUT2D eigenvalue weighted by molar-refractivity contribution is -0.117. The first-order chi connectivity index (χ1) is 13.6. The summed E-state index contributed by atoms with van der Waals surface area (Å²) in [7, 11) is 0. The molecule has 3 aromatic rings. The number of hydrogen-bond donors (Lipinski definition) is 3. The van der Waals surface area contributed by atoms with Crippen LogP contribution in [0.3, 0.4) is 0 Å². The molecule has 0 unspecified atom stereocenters. The Balaban J connectivity index is 2.05. The second-order valence-electron chi connectivity index (χ2n) is 5.69. The maximum absolute atomic E-state index is 12.2. The highest BCUT2D eigenvalue weighted by atomic mass is 32.1. The highest BCUT2D eigenvalue weighted by Gasteiger charge is 2.15. The predicted octanol–water partition coefficient (Wildman–Crippen LogP) is 2.31. The molecule has 0 saturated heterocycles. The Labute approximate surface area is 167 Å². The van der Waals surface area contributed by atoms with Crippen LogP contribution in [0.25, 0.3) is 23.0 Å². The fraction of sp³-hybridized carbons (Fsp3) is 0. The molecule has 7 nitrogen and oxygen atoms in total. The molecule has 1 heterocycles. The number of rotatable bonds is 4. The Morgan fingerprint density at radius 2 is 1.75 bits per heavy atom. The molecule has 4 N–H and O–H groups in total. The van der Waals surface area contributed by atoms with E-state index in [4.69, 9.17) is 5.73 Å². The fourth-order valence-corrected chi connectivity index (χ4v) is 2.57. The molecule has 138 valence electrons. The minimum Gasteiger partial charge on any atom is -0.375 e. The lowest BCUT2D eigenvalue weighted by atomic mass is 10.1. The van der Waals surface area contributed by atoms with Crippen molar-refractivity contribution in [2.24, 2.45) is 5.73 Å². The number of nitrogens with zero attached hydrogens (tertiary/aromatic N) is 3. The van der Waals surface area contributed by atoms with Crippen molar-refractivity contribution in [2.45, 2.75) is 0 Å². The lowest BCUT2D eigenvalue weighted by Crippen LogP contribution is -2.44. The normalized spacial score (nSPS) is 10.8. The summed E-state index contributed by atoms with van der Waals surface area (Å²) in [5, 5.41) is 14.0. The number of para-hydroxylation sites is 1. The van der Waals surface area contributed by atoms with Crippen molar-refractivity contribution in [3.05, 3.63) is 78.0 Å². The van der Waals surface area contributed by atoms with Gasteiger partial charge in [0, 0.05) is 17.3 Å². The minimum absolute atomic E-state index is 0.104. The highest BCUT2D eigenvalue weighted by molar-refractivity contribution is 7.80. The zero-order valence-corrected chi connectivity index (χ0v) is 15.5. The molecule has 0 spiro atoms. The smallest absolute Gasteiger partial charge is 0.280 e. The molecule has 0 fully saturated rings. The van der Waals surface area contributed by atoms with Crippen molar-refractivity contribution in [1.82, 2.24) is 20.6 Å². The standard InChI is InChI=1S/C20H16N6OS/c21-12-15(19(27)23-24-20(22)28)11-16-13-26(17-9-5-2-6-10-17)25-18(16)14-7-3-1-4-8-14/h1-11,13H,(H,23,27)(H3,22,24,28).